The van der Waals surface area contributed by atoms with Crippen molar-refractivity contribution in [3.8, 4) is 0 Å². The average molecular weight is 200 g/mol. The van der Waals surface area contributed by atoms with E-state index in [1.165, 1.54) is 5.56 Å². The van der Waals surface area contributed by atoms with Crippen molar-refractivity contribution in [1.29, 1.82) is 0 Å². The maximum atomic E-state index is 5.87. The third-order valence-corrected chi connectivity index (χ3v) is 2.48. The van der Waals surface area contributed by atoms with Crippen LogP contribution in [0, 0.1) is 5.92 Å². The minimum Gasteiger partial charge on any atom is -0.398 e. The summed E-state index contributed by atoms with van der Waals surface area (Å²) in [4.78, 5) is 4.33. The molecule has 0 saturated carbocycles. The van der Waals surface area contributed by atoms with Crippen molar-refractivity contribution >= 4 is 16.6 Å². The molecule has 0 spiro atoms. The lowest BCUT2D eigenvalue weighted by atomic mass is 10.0. The molecule has 0 unspecified atom stereocenters. The van der Waals surface area contributed by atoms with Crippen LogP contribution < -0.4 is 5.73 Å². The number of nitrogens with zero attached hydrogens (tertiary/aromatic N) is 1. The van der Waals surface area contributed by atoms with Gasteiger partial charge in [-0.3, -0.25) is 4.98 Å². The number of nitrogens with two attached hydrogens (primary N) is 1. The number of aromatic nitrogens is 1. The summed E-state index contributed by atoms with van der Waals surface area (Å²) in [5.41, 5.74) is 8.99. The maximum Gasteiger partial charge on any atom is 0.0725 e. The van der Waals surface area contributed by atoms with E-state index < -0.39 is 0 Å². The lowest BCUT2D eigenvalue weighted by Gasteiger charge is -2.06. The Morgan fingerprint density at radius 1 is 1.27 bits per heavy atom. The van der Waals surface area contributed by atoms with Crippen LogP contribution in [0.1, 0.15) is 19.4 Å². The van der Waals surface area contributed by atoms with Gasteiger partial charge in [0, 0.05) is 17.3 Å². The molecule has 0 radical (unpaired) electrons. The van der Waals surface area contributed by atoms with Crippen LogP contribution in [0.15, 0.2) is 30.5 Å². The van der Waals surface area contributed by atoms with Gasteiger partial charge in [-0.2, -0.15) is 0 Å². The predicted octanol–water partition coefficient (Wildman–Crippen LogP) is 3.02. The van der Waals surface area contributed by atoms with Gasteiger partial charge in [0.05, 0.1) is 5.52 Å². The van der Waals surface area contributed by atoms with Crippen LogP contribution in [0.3, 0.4) is 0 Å². The third kappa shape index (κ3) is 2.09. The molecule has 0 aliphatic rings. The van der Waals surface area contributed by atoms with Crippen molar-refractivity contribution < 1.29 is 0 Å². The van der Waals surface area contributed by atoms with Crippen LogP contribution in [-0.2, 0) is 6.42 Å². The van der Waals surface area contributed by atoms with Crippen molar-refractivity contribution in [3.63, 3.8) is 0 Å². The van der Waals surface area contributed by atoms with Crippen molar-refractivity contribution in [1.82, 2.24) is 4.98 Å². The Labute approximate surface area is 90.1 Å². The van der Waals surface area contributed by atoms with E-state index in [-0.39, 0.29) is 0 Å². The molecule has 0 amide bonds. The first-order valence-electron chi connectivity index (χ1n) is 5.30. The summed E-state index contributed by atoms with van der Waals surface area (Å²) in [6, 6.07) is 8.17. The fraction of sp³-hybridized carbons (Fsp3) is 0.308. The number of nitrogen functional groups attached to an aromatic ring is 1. The summed E-state index contributed by atoms with van der Waals surface area (Å²) in [7, 11) is 0. The Kier molecular flexibility index (Phi) is 2.58. The van der Waals surface area contributed by atoms with Gasteiger partial charge >= 0.3 is 0 Å². The first-order chi connectivity index (χ1) is 7.16. The Bertz CT molecular complexity index is 475. The second kappa shape index (κ2) is 3.89. The molecule has 2 heteroatoms. The first kappa shape index (κ1) is 9.97. The first-order valence-corrected chi connectivity index (χ1v) is 5.30. The van der Waals surface area contributed by atoms with Gasteiger partial charge in [0.2, 0.25) is 0 Å². The zero-order chi connectivity index (χ0) is 10.8. The Morgan fingerprint density at radius 3 is 2.80 bits per heavy atom. The summed E-state index contributed by atoms with van der Waals surface area (Å²) < 4.78 is 0. The zero-order valence-corrected chi connectivity index (χ0v) is 9.20. The number of hydrogen-bond donors (Lipinski definition) is 1. The molecule has 0 fully saturated rings. The van der Waals surface area contributed by atoms with E-state index in [1.807, 2.05) is 6.07 Å². The van der Waals surface area contributed by atoms with Gasteiger partial charge in [-0.15, -0.1) is 0 Å². The molecule has 2 N–H and O–H groups in total. The minimum absolute atomic E-state index is 0.670. The fourth-order valence-corrected chi connectivity index (χ4v) is 1.81. The van der Waals surface area contributed by atoms with E-state index in [1.54, 1.807) is 6.20 Å². The van der Waals surface area contributed by atoms with Gasteiger partial charge in [-0.1, -0.05) is 26.0 Å². The molecule has 78 valence electrons. The molecule has 2 nitrogen and oxygen atoms in total. The SMILES string of the molecule is CC(C)Cc1ccc2c(N)ccnc2c1. The quantitative estimate of drug-likeness (QED) is 0.809. The van der Waals surface area contributed by atoms with E-state index in [9.17, 15) is 0 Å². The van der Waals surface area contributed by atoms with E-state index in [2.05, 4.69) is 37.0 Å². The number of rotatable bonds is 2. The molecule has 0 atom stereocenters. The molecule has 2 aromatic rings. The topological polar surface area (TPSA) is 38.9 Å². The number of fused-ring (bicyclic) bond motifs is 1. The summed E-state index contributed by atoms with van der Waals surface area (Å²) in [5, 5.41) is 1.05. The minimum atomic E-state index is 0.670. The summed E-state index contributed by atoms with van der Waals surface area (Å²) in [5.74, 6) is 0.670. The Balaban J connectivity index is 2.48. The number of anilines is 1. The molecule has 0 saturated heterocycles. The summed E-state index contributed by atoms with van der Waals surface area (Å²) in [6.07, 6.45) is 2.85. The molecule has 0 bridgehead atoms. The average Bonchev–Trinajstić information content (AvgIpc) is 2.17. The zero-order valence-electron chi connectivity index (χ0n) is 9.20. The number of hydrogen-bond acceptors (Lipinski definition) is 2. The second-order valence-corrected chi connectivity index (χ2v) is 4.35. The van der Waals surface area contributed by atoms with E-state index in [4.69, 9.17) is 5.73 Å². The van der Waals surface area contributed by atoms with Gasteiger partial charge in [0.1, 0.15) is 0 Å². The maximum absolute atomic E-state index is 5.87. The Morgan fingerprint density at radius 2 is 2.07 bits per heavy atom. The molecule has 1 heterocycles. The van der Waals surface area contributed by atoms with Gasteiger partial charge in [-0.25, -0.2) is 0 Å². The number of benzene rings is 1. The van der Waals surface area contributed by atoms with Gasteiger partial charge in [0.25, 0.3) is 0 Å². The Hall–Kier alpha value is -1.57. The highest BCUT2D eigenvalue weighted by Gasteiger charge is 2.02. The normalized spacial score (nSPS) is 11.1. The van der Waals surface area contributed by atoms with Crippen LogP contribution >= 0.6 is 0 Å². The number of pyridine rings is 1. The monoisotopic (exact) mass is 200 g/mol. The van der Waals surface area contributed by atoms with Gasteiger partial charge in [-0.05, 0) is 30.0 Å². The molecular formula is C13H16N2. The standard InChI is InChI=1S/C13H16N2/c1-9(2)7-10-3-4-11-12(14)5-6-15-13(11)8-10/h3-6,8-9H,7H2,1-2H3,(H2,14,15). The van der Waals surface area contributed by atoms with Crippen LogP contribution in [-0.4, -0.2) is 4.98 Å². The van der Waals surface area contributed by atoms with E-state index in [0.29, 0.717) is 5.92 Å². The third-order valence-electron chi connectivity index (χ3n) is 2.48. The van der Waals surface area contributed by atoms with E-state index in [0.717, 1.165) is 23.0 Å². The molecule has 15 heavy (non-hydrogen) atoms. The molecular weight excluding hydrogens is 184 g/mol. The summed E-state index contributed by atoms with van der Waals surface area (Å²) >= 11 is 0. The van der Waals surface area contributed by atoms with Crippen molar-refractivity contribution in [3.05, 3.63) is 36.0 Å². The molecule has 1 aromatic heterocycles. The highest BCUT2D eigenvalue weighted by atomic mass is 14.7. The molecule has 2 rings (SSSR count). The predicted molar refractivity (Wildman–Crippen MR) is 64.7 cm³/mol. The van der Waals surface area contributed by atoms with Crippen LogP contribution in [0.5, 0.6) is 0 Å². The van der Waals surface area contributed by atoms with E-state index >= 15 is 0 Å². The summed E-state index contributed by atoms with van der Waals surface area (Å²) in [6.45, 7) is 4.44. The van der Waals surface area contributed by atoms with Crippen LogP contribution in [0.2, 0.25) is 0 Å². The van der Waals surface area contributed by atoms with Crippen LogP contribution in [0.25, 0.3) is 10.9 Å². The smallest absolute Gasteiger partial charge is 0.0725 e. The highest BCUT2D eigenvalue weighted by molar-refractivity contribution is 5.90. The van der Waals surface area contributed by atoms with Crippen molar-refractivity contribution in [2.45, 2.75) is 20.3 Å². The molecule has 1 aromatic carbocycles. The van der Waals surface area contributed by atoms with Crippen LogP contribution in [0.4, 0.5) is 5.69 Å². The largest absolute Gasteiger partial charge is 0.398 e. The lowest BCUT2D eigenvalue weighted by molar-refractivity contribution is 0.648. The van der Waals surface area contributed by atoms with Gasteiger partial charge < -0.3 is 5.73 Å². The van der Waals surface area contributed by atoms with Gasteiger partial charge in [0.15, 0.2) is 0 Å². The fourth-order valence-electron chi connectivity index (χ4n) is 1.81. The lowest BCUT2D eigenvalue weighted by Crippen LogP contribution is -1.95. The van der Waals surface area contributed by atoms with Crippen molar-refractivity contribution in [2.24, 2.45) is 5.92 Å². The molecule has 0 aliphatic carbocycles. The van der Waals surface area contributed by atoms with Crippen molar-refractivity contribution in [2.75, 3.05) is 5.73 Å². The second-order valence-electron chi connectivity index (χ2n) is 4.35. The molecule has 0 aliphatic heterocycles. The highest BCUT2D eigenvalue weighted by Crippen LogP contribution is 2.20.